The van der Waals surface area contributed by atoms with E-state index in [2.05, 4.69) is 0 Å². The van der Waals surface area contributed by atoms with Crippen LogP contribution >= 0.6 is 0 Å². The highest BCUT2D eigenvalue weighted by molar-refractivity contribution is 6.03. The van der Waals surface area contributed by atoms with Gasteiger partial charge < -0.3 is 14.2 Å². The molecule has 4 nitrogen and oxygen atoms in total. The molecule has 0 fully saturated rings. The van der Waals surface area contributed by atoms with E-state index in [0.717, 1.165) is 5.56 Å². The zero-order valence-corrected chi connectivity index (χ0v) is 15.6. The molecule has 0 N–H and O–H groups in total. The lowest BCUT2D eigenvalue weighted by Crippen LogP contribution is -2.40. The number of benzene rings is 3. The van der Waals surface area contributed by atoms with E-state index in [-0.39, 0.29) is 12.2 Å². The number of Topliss-reactive ketones (excluding diaryl/α,β-unsaturated/α-hetero) is 1. The van der Waals surface area contributed by atoms with E-state index in [1.807, 2.05) is 30.3 Å². The van der Waals surface area contributed by atoms with Crippen molar-refractivity contribution in [1.29, 1.82) is 0 Å². The highest BCUT2D eigenvalue weighted by Gasteiger charge is 2.45. The van der Waals surface area contributed by atoms with Crippen molar-refractivity contribution in [2.24, 2.45) is 0 Å². The van der Waals surface area contributed by atoms with Gasteiger partial charge in [-0.1, -0.05) is 42.5 Å². The lowest BCUT2D eigenvalue weighted by atomic mass is 9.78. The van der Waals surface area contributed by atoms with E-state index in [9.17, 15) is 9.18 Å². The van der Waals surface area contributed by atoms with Crippen LogP contribution < -0.4 is 14.2 Å². The predicted molar refractivity (Wildman–Crippen MR) is 103 cm³/mol. The number of hydrogen-bond acceptors (Lipinski definition) is 4. The number of halogens is 1. The number of carbonyl (C=O) groups excluding carboxylic acids is 1. The van der Waals surface area contributed by atoms with Gasteiger partial charge in [-0.15, -0.1) is 0 Å². The Morgan fingerprint density at radius 3 is 2.36 bits per heavy atom. The average Bonchev–Trinajstić information content (AvgIpc) is 2.73. The summed E-state index contributed by atoms with van der Waals surface area (Å²) in [4.78, 5) is 13.2. The molecule has 1 heterocycles. The summed E-state index contributed by atoms with van der Waals surface area (Å²) in [5, 5.41) is 0. The maximum atomic E-state index is 14.1. The third kappa shape index (κ3) is 2.89. The van der Waals surface area contributed by atoms with Crippen LogP contribution in [0.1, 0.15) is 27.9 Å². The molecule has 0 amide bonds. The van der Waals surface area contributed by atoms with Crippen LogP contribution in [-0.2, 0) is 5.60 Å². The Kier molecular flexibility index (Phi) is 4.51. The molecule has 1 unspecified atom stereocenters. The second-order valence-corrected chi connectivity index (χ2v) is 6.61. The molecular weight excluding hydrogens is 359 g/mol. The van der Waals surface area contributed by atoms with Crippen molar-refractivity contribution in [3.63, 3.8) is 0 Å². The average molecular weight is 378 g/mol. The SMILES string of the molecule is COc1cc(OC)c2c(c1)OC(c1ccccc1)(c1cccc(F)c1)CC2=O. The molecule has 1 aliphatic rings. The van der Waals surface area contributed by atoms with Gasteiger partial charge in [0.1, 0.15) is 28.6 Å². The summed E-state index contributed by atoms with van der Waals surface area (Å²) in [6.45, 7) is 0. The molecule has 4 rings (SSSR count). The first-order chi connectivity index (χ1) is 13.6. The zero-order valence-electron chi connectivity index (χ0n) is 15.6. The van der Waals surface area contributed by atoms with E-state index >= 15 is 0 Å². The first kappa shape index (κ1) is 18.0. The van der Waals surface area contributed by atoms with Crippen molar-refractivity contribution in [1.82, 2.24) is 0 Å². The number of ether oxygens (including phenoxy) is 3. The van der Waals surface area contributed by atoms with E-state index in [1.165, 1.54) is 26.4 Å². The Labute approximate surface area is 162 Å². The van der Waals surface area contributed by atoms with Gasteiger partial charge in [0, 0.05) is 23.3 Å². The summed E-state index contributed by atoms with van der Waals surface area (Å²) in [5.41, 5.74) is 0.553. The van der Waals surface area contributed by atoms with Crippen LogP contribution in [0.3, 0.4) is 0 Å². The van der Waals surface area contributed by atoms with Gasteiger partial charge in [0.25, 0.3) is 0 Å². The smallest absolute Gasteiger partial charge is 0.175 e. The molecule has 0 bridgehead atoms. The molecular formula is C23H19FO4. The Morgan fingerprint density at radius 2 is 1.68 bits per heavy atom. The number of carbonyl (C=O) groups is 1. The Hall–Kier alpha value is -3.34. The van der Waals surface area contributed by atoms with Crippen LogP contribution in [0, 0.1) is 5.82 Å². The molecule has 5 heteroatoms. The van der Waals surface area contributed by atoms with Gasteiger partial charge in [0.05, 0.1) is 20.6 Å². The maximum Gasteiger partial charge on any atom is 0.175 e. The molecule has 28 heavy (non-hydrogen) atoms. The number of rotatable bonds is 4. The quantitative estimate of drug-likeness (QED) is 0.657. The fourth-order valence-electron chi connectivity index (χ4n) is 3.67. The molecule has 0 aliphatic carbocycles. The molecule has 1 aliphatic heterocycles. The predicted octanol–water partition coefficient (Wildman–Crippen LogP) is 4.75. The summed E-state index contributed by atoms with van der Waals surface area (Å²) in [5.74, 6) is 0.707. The fourth-order valence-corrected chi connectivity index (χ4v) is 3.67. The monoisotopic (exact) mass is 378 g/mol. The minimum atomic E-state index is -1.15. The Morgan fingerprint density at radius 1 is 0.929 bits per heavy atom. The van der Waals surface area contributed by atoms with Gasteiger partial charge in [-0.05, 0) is 12.1 Å². The van der Waals surface area contributed by atoms with Crippen molar-refractivity contribution in [3.8, 4) is 17.2 Å². The van der Waals surface area contributed by atoms with Crippen molar-refractivity contribution in [3.05, 3.63) is 89.2 Å². The molecule has 0 saturated heterocycles. The summed E-state index contributed by atoms with van der Waals surface area (Å²) >= 11 is 0. The van der Waals surface area contributed by atoms with Crippen LogP contribution in [0.2, 0.25) is 0 Å². The molecule has 0 spiro atoms. The third-order valence-corrected chi connectivity index (χ3v) is 5.00. The van der Waals surface area contributed by atoms with Gasteiger partial charge in [-0.25, -0.2) is 4.39 Å². The molecule has 0 radical (unpaired) electrons. The number of methoxy groups -OCH3 is 2. The van der Waals surface area contributed by atoms with Gasteiger partial charge in [-0.2, -0.15) is 0 Å². The summed E-state index contributed by atoms with van der Waals surface area (Å²) in [6.07, 6.45) is 0.0240. The van der Waals surface area contributed by atoms with Crippen LogP contribution in [0.4, 0.5) is 4.39 Å². The zero-order chi connectivity index (χ0) is 19.7. The lowest BCUT2D eigenvalue weighted by molar-refractivity contribution is 0.0607. The van der Waals surface area contributed by atoms with Gasteiger partial charge >= 0.3 is 0 Å². The summed E-state index contributed by atoms with van der Waals surface area (Å²) < 4.78 is 31.2. The van der Waals surface area contributed by atoms with Crippen molar-refractivity contribution >= 4 is 5.78 Å². The number of ketones is 1. The minimum Gasteiger partial charge on any atom is -0.496 e. The van der Waals surface area contributed by atoms with E-state index in [4.69, 9.17) is 14.2 Å². The highest BCUT2D eigenvalue weighted by Crippen LogP contribution is 2.48. The van der Waals surface area contributed by atoms with Gasteiger partial charge in [0.2, 0.25) is 0 Å². The third-order valence-electron chi connectivity index (χ3n) is 5.00. The molecule has 3 aromatic carbocycles. The largest absolute Gasteiger partial charge is 0.496 e. The fraction of sp³-hybridized carbons (Fsp3) is 0.174. The standard InChI is InChI=1S/C23H19FO4/c1-26-18-12-20(27-2)22-19(25)14-23(28-21(22)13-18,15-7-4-3-5-8-15)16-9-6-10-17(24)11-16/h3-13H,14H2,1-2H3. The maximum absolute atomic E-state index is 14.1. The first-order valence-electron chi connectivity index (χ1n) is 8.87. The van der Waals surface area contributed by atoms with E-state index in [0.29, 0.717) is 28.4 Å². The van der Waals surface area contributed by atoms with Crippen LogP contribution in [0.15, 0.2) is 66.7 Å². The summed E-state index contributed by atoms with van der Waals surface area (Å²) in [7, 11) is 3.02. The topological polar surface area (TPSA) is 44.8 Å². The normalized spacial score (nSPS) is 18.2. The Bertz CT molecular complexity index is 1030. The molecule has 3 aromatic rings. The van der Waals surface area contributed by atoms with Crippen molar-refractivity contribution in [2.75, 3.05) is 14.2 Å². The minimum absolute atomic E-state index is 0.0240. The number of hydrogen-bond donors (Lipinski definition) is 0. The first-order valence-corrected chi connectivity index (χ1v) is 8.87. The molecule has 142 valence electrons. The highest BCUT2D eigenvalue weighted by atomic mass is 19.1. The Balaban J connectivity index is 1.96. The second-order valence-electron chi connectivity index (χ2n) is 6.61. The van der Waals surface area contributed by atoms with Crippen LogP contribution in [-0.4, -0.2) is 20.0 Å². The van der Waals surface area contributed by atoms with Gasteiger partial charge in [0.15, 0.2) is 11.4 Å². The molecule has 0 saturated carbocycles. The van der Waals surface area contributed by atoms with Gasteiger partial charge in [-0.3, -0.25) is 4.79 Å². The molecule has 1 atom stereocenters. The van der Waals surface area contributed by atoms with Crippen LogP contribution in [0.5, 0.6) is 17.2 Å². The van der Waals surface area contributed by atoms with Crippen LogP contribution in [0.25, 0.3) is 0 Å². The van der Waals surface area contributed by atoms with Crippen molar-refractivity contribution < 1.29 is 23.4 Å². The van der Waals surface area contributed by atoms with E-state index < -0.39 is 11.4 Å². The second kappa shape index (κ2) is 7.00. The van der Waals surface area contributed by atoms with Crippen molar-refractivity contribution in [2.45, 2.75) is 12.0 Å². The lowest BCUT2D eigenvalue weighted by Gasteiger charge is -2.39. The molecule has 0 aromatic heterocycles. The van der Waals surface area contributed by atoms with E-state index in [1.54, 1.807) is 24.3 Å². The summed E-state index contributed by atoms with van der Waals surface area (Å²) in [6, 6.07) is 18.8. The number of fused-ring (bicyclic) bond motifs is 1.